The lowest BCUT2D eigenvalue weighted by atomic mass is 9.88. The number of hydrogen-bond acceptors (Lipinski definition) is 3. The van der Waals surface area contributed by atoms with Crippen molar-refractivity contribution in [3.05, 3.63) is 23.9 Å². The zero-order chi connectivity index (χ0) is 12.0. The van der Waals surface area contributed by atoms with Crippen LogP contribution in [0.2, 0.25) is 0 Å². The van der Waals surface area contributed by atoms with E-state index in [2.05, 4.69) is 30.2 Å². The maximum atomic E-state index is 8.81. The van der Waals surface area contributed by atoms with Crippen molar-refractivity contribution in [3.63, 3.8) is 0 Å². The molecule has 1 heterocycles. The average molecular weight is 222 g/mol. The summed E-state index contributed by atoms with van der Waals surface area (Å²) in [6.45, 7) is 7.57. The van der Waals surface area contributed by atoms with Crippen molar-refractivity contribution >= 4 is 5.82 Å². The lowest BCUT2D eigenvalue weighted by Gasteiger charge is -2.24. The predicted octanol–water partition coefficient (Wildman–Crippen LogP) is 2.60. The first-order chi connectivity index (χ1) is 7.53. The van der Waals surface area contributed by atoms with E-state index in [0.29, 0.717) is 0 Å². The number of nitrogens with one attached hydrogen (secondary N) is 1. The summed E-state index contributed by atoms with van der Waals surface area (Å²) in [7, 11) is 0. The Morgan fingerprint density at radius 1 is 1.38 bits per heavy atom. The Morgan fingerprint density at radius 3 is 2.69 bits per heavy atom. The fourth-order valence-corrected chi connectivity index (χ4v) is 1.55. The summed E-state index contributed by atoms with van der Waals surface area (Å²) in [4.78, 5) is 4.30. The molecule has 1 aromatic rings. The van der Waals surface area contributed by atoms with Crippen LogP contribution in [0.25, 0.3) is 0 Å². The van der Waals surface area contributed by atoms with Crippen LogP contribution >= 0.6 is 0 Å². The van der Waals surface area contributed by atoms with Crippen LogP contribution in [-0.4, -0.2) is 23.2 Å². The molecule has 0 atom stereocenters. The van der Waals surface area contributed by atoms with Gasteiger partial charge >= 0.3 is 0 Å². The summed E-state index contributed by atoms with van der Waals surface area (Å²) in [6, 6.07) is 4.05. The number of aromatic nitrogens is 1. The molecular formula is C13H22N2O. The maximum absolute atomic E-state index is 8.81. The number of aryl methyl sites for hydroxylation is 1. The highest BCUT2D eigenvalue weighted by atomic mass is 16.2. The molecule has 1 aromatic heterocycles. The molecule has 0 amide bonds. The second kappa shape index (κ2) is 5.85. The molecule has 0 unspecified atom stereocenters. The molecule has 3 nitrogen and oxygen atoms in total. The van der Waals surface area contributed by atoms with Gasteiger partial charge in [0.05, 0.1) is 0 Å². The first kappa shape index (κ1) is 13.0. The smallest absolute Gasteiger partial charge is 0.125 e. The van der Waals surface area contributed by atoms with Crippen molar-refractivity contribution in [2.24, 2.45) is 5.41 Å². The van der Waals surface area contributed by atoms with Crippen LogP contribution in [0, 0.1) is 12.3 Å². The van der Waals surface area contributed by atoms with Gasteiger partial charge < -0.3 is 10.4 Å². The standard InChI is InChI=1S/C13H22N2O/c1-11-5-6-12(14-9-11)15-10-13(2,3)7-4-8-16/h5-6,9,16H,4,7-8,10H2,1-3H3,(H,14,15). The number of nitrogens with zero attached hydrogens (tertiary/aromatic N) is 1. The first-order valence-corrected chi connectivity index (χ1v) is 5.81. The van der Waals surface area contributed by atoms with E-state index < -0.39 is 0 Å². The summed E-state index contributed by atoms with van der Waals surface area (Å²) in [5.41, 5.74) is 1.36. The van der Waals surface area contributed by atoms with Crippen molar-refractivity contribution in [2.45, 2.75) is 33.6 Å². The molecule has 0 saturated carbocycles. The highest BCUT2D eigenvalue weighted by molar-refractivity contribution is 5.35. The number of hydrogen-bond donors (Lipinski definition) is 2. The van der Waals surface area contributed by atoms with E-state index in [-0.39, 0.29) is 12.0 Å². The summed E-state index contributed by atoms with van der Waals surface area (Å²) in [6.07, 6.45) is 3.74. The van der Waals surface area contributed by atoms with E-state index in [4.69, 9.17) is 5.11 Å². The summed E-state index contributed by atoms with van der Waals surface area (Å²) >= 11 is 0. The number of anilines is 1. The van der Waals surface area contributed by atoms with Crippen molar-refractivity contribution in [1.29, 1.82) is 0 Å². The SMILES string of the molecule is Cc1ccc(NCC(C)(C)CCCO)nc1. The highest BCUT2D eigenvalue weighted by Gasteiger charge is 2.16. The van der Waals surface area contributed by atoms with Gasteiger partial charge in [-0.1, -0.05) is 19.9 Å². The molecule has 0 radical (unpaired) electrons. The lowest BCUT2D eigenvalue weighted by Crippen LogP contribution is -2.23. The van der Waals surface area contributed by atoms with Crippen LogP contribution in [0.15, 0.2) is 18.3 Å². The minimum absolute atomic E-state index is 0.190. The van der Waals surface area contributed by atoms with Crippen LogP contribution in [-0.2, 0) is 0 Å². The molecule has 0 bridgehead atoms. The van der Waals surface area contributed by atoms with Crippen LogP contribution in [0.4, 0.5) is 5.82 Å². The predicted molar refractivity (Wildman–Crippen MR) is 67.6 cm³/mol. The fraction of sp³-hybridized carbons (Fsp3) is 0.615. The number of pyridine rings is 1. The van der Waals surface area contributed by atoms with E-state index in [0.717, 1.165) is 25.2 Å². The molecule has 2 N–H and O–H groups in total. The largest absolute Gasteiger partial charge is 0.396 e. The Bertz CT molecular complexity index is 306. The molecule has 90 valence electrons. The molecule has 0 aliphatic rings. The average Bonchev–Trinajstić information content (AvgIpc) is 2.26. The van der Waals surface area contributed by atoms with Crippen LogP contribution < -0.4 is 5.32 Å². The summed E-state index contributed by atoms with van der Waals surface area (Å²) in [5, 5.41) is 12.1. The van der Waals surface area contributed by atoms with E-state index in [1.54, 1.807) is 0 Å². The van der Waals surface area contributed by atoms with E-state index >= 15 is 0 Å². The maximum Gasteiger partial charge on any atom is 0.125 e. The molecule has 1 rings (SSSR count). The van der Waals surface area contributed by atoms with Crippen molar-refractivity contribution < 1.29 is 5.11 Å². The second-order valence-corrected chi connectivity index (χ2v) is 5.07. The molecule has 16 heavy (non-hydrogen) atoms. The van der Waals surface area contributed by atoms with Crippen molar-refractivity contribution in [2.75, 3.05) is 18.5 Å². The summed E-state index contributed by atoms with van der Waals surface area (Å²) < 4.78 is 0. The Hall–Kier alpha value is -1.09. The second-order valence-electron chi connectivity index (χ2n) is 5.07. The molecule has 0 spiro atoms. The third kappa shape index (κ3) is 4.62. The highest BCUT2D eigenvalue weighted by Crippen LogP contribution is 2.22. The zero-order valence-corrected chi connectivity index (χ0v) is 10.5. The Morgan fingerprint density at radius 2 is 2.12 bits per heavy atom. The number of aliphatic hydroxyl groups excluding tert-OH is 1. The van der Waals surface area contributed by atoms with Gasteiger partial charge in [0.25, 0.3) is 0 Å². The lowest BCUT2D eigenvalue weighted by molar-refractivity contribution is 0.248. The Labute approximate surface area is 97.9 Å². The van der Waals surface area contributed by atoms with Gasteiger partial charge in [-0.3, -0.25) is 0 Å². The van der Waals surface area contributed by atoms with Gasteiger partial charge in [0.15, 0.2) is 0 Å². The minimum Gasteiger partial charge on any atom is -0.396 e. The third-order valence-electron chi connectivity index (χ3n) is 2.67. The van der Waals surface area contributed by atoms with Crippen LogP contribution in [0.3, 0.4) is 0 Å². The van der Waals surface area contributed by atoms with E-state index in [9.17, 15) is 0 Å². The van der Waals surface area contributed by atoms with Gasteiger partial charge in [0.2, 0.25) is 0 Å². The Kier molecular flexibility index (Phi) is 4.74. The molecule has 0 fully saturated rings. The number of aliphatic hydroxyl groups is 1. The van der Waals surface area contributed by atoms with Crippen molar-refractivity contribution in [3.8, 4) is 0 Å². The van der Waals surface area contributed by atoms with E-state index in [1.807, 2.05) is 19.2 Å². The van der Waals surface area contributed by atoms with Crippen LogP contribution in [0.5, 0.6) is 0 Å². The van der Waals surface area contributed by atoms with Gasteiger partial charge in [-0.2, -0.15) is 0 Å². The van der Waals surface area contributed by atoms with Gasteiger partial charge in [0.1, 0.15) is 5.82 Å². The normalized spacial score (nSPS) is 11.5. The molecule has 0 saturated heterocycles. The Balaban J connectivity index is 2.41. The summed E-state index contributed by atoms with van der Waals surface area (Å²) in [5.74, 6) is 0.919. The molecular weight excluding hydrogens is 200 g/mol. The molecule has 0 aromatic carbocycles. The minimum atomic E-state index is 0.190. The first-order valence-electron chi connectivity index (χ1n) is 5.81. The van der Waals surface area contributed by atoms with Gasteiger partial charge in [-0.25, -0.2) is 4.98 Å². The quantitative estimate of drug-likeness (QED) is 0.777. The van der Waals surface area contributed by atoms with Crippen molar-refractivity contribution in [1.82, 2.24) is 4.98 Å². The molecule has 0 aliphatic carbocycles. The monoisotopic (exact) mass is 222 g/mol. The third-order valence-corrected chi connectivity index (χ3v) is 2.67. The van der Waals surface area contributed by atoms with Gasteiger partial charge in [-0.15, -0.1) is 0 Å². The van der Waals surface area contributed by atoms with Gasteiger partial charge in [0, 0.05) is 19.3 Å². The van der Waals surface area contributed by atoms with Crippen LogP contribution in [0.1, 0.15) is 32.3 Å². The zero-order valence-electron chi connectivity index (χ0n) is 10.5. The van der Waals surface area contributed by atoms with Gasteiger partial charge in [-0.05, 0) is 36.8 Å². The van der Waals surface area contributed by atoms with E-state index in [1.165, 1.54) is 5.56 Å². The molecule has 0 aliphatic heterocycles. The molecule has 3 heteroatoms. The topological polar surface area (TPSA) is 45.1 Å². The number of rotatable bonds is 6. The fourth-order valence-electron chi connectivity index (χ4n) is 1.55.